The average molecular weight is 410 g/mol. The van der Waals surface area contributed by atoms with Crippen LogP contribution in [0.5, 0.6) is 0 Å². The summed E-state index contributed by atoms with van der Waals surface area (Å²) in [6.45, 7) is 1.32. The van der Waals surface area contributed by atoms with Gasteiger partial charge in [-0.25, -0.2) is 4.98 Å². The summed E-state index contributed by atoms with van der Waals surface area (Å²) in [6.07, 6.45) is -1.50. The van der Waals surface area contributed by atoms with E-state index < -0.39 is 17.4 Å². The number of hydrogen-bond donors (Lipinski definition) is 0. The van der Waals surface area contributed by atoms with E-state index in [-0.39, 0.29) is 0 Å². The molecule has 7 heteroatoms. The van der Waals surface area contributed by atoms with Crippen molar-refractivity contribution in [2.45, 2.75) is 24.9 Å². The molecule has 1 saturated heterocycles. The maximum atomic E-state index is 13.1. The Morgan fingerprint density at radius 1 is 1.16 bits per heavy atom. The van der Waals surface area contributed by atoms with Crippen molar-refractivity contribution in [1.82, 2.24) is 4.98 Å². The molecule has 0 aliphatic carbocycles. The number of nitriles is 1. The summed E-state index contributed by atoms with van der Waals surface area (Å²) in [7, 11) is 0. The number of benzene rings is 1. The maximum absolute atomic E-state index is 13.1. The lowest BCUT2D eigenvalue weighted by Gasteiger charge is -2.34. The van der Waals surface area contributed by atoms with Crippen LogP contribution in [-0.4, -0.2) is 18.1 Å². The lowest BCUT2D eigenvalue weighted by molar-refractivity contribution is -0.138. The number of pyridine rings is 1. The molecular formula is C18H15BrF3N3. The Labute approximate surface area is 152 Å². The molecule has 2 heterocycles. The van der Waals surface area contributed by atoms with E-state index in [1.54, 1.807) is 0 Å². The summed E-state index contributed by atoms with van der Waals surface area (Å²) in [5.74, 6) is 0.401. The second-order valence-corrected chi connectivity index (χ2v) is 6.93. The lowest BCUT2D eigenvalue weighted by atomic mass is 9.89. The topological polar surface area (TPSA) is 39.9 Å². The van der Waals surface area contributed by atoms with Crippen LogP contribution in [0, 0.1) is 11.3 Å². The number of halogens is 4. The van der Waals surface area contributed by atoms with Gasteiger partial charge in [-0.1, -0.05) is 28.1 Å². The van der Waals surface area contributed by atoms with Crippen molar-refractivity contribution >= 4 is 21.6 Å². The Kier molecular flexibility index (Phi) is 5.00. The first-order valence-electron chi connectivity index (χ1n) is 7.86. The van der Waals surface area contributed by atoms with Gasteiger partial charge in [0.15, 0.2) is 5.69 Å². The fraction of sp³-hybridized carbons (Fsp3) is 0.333. The van der Waals surface area contributed by atoms with Gasteiger partial charge in [0.1, 0.15) is 6.07 Å². The van der Waals surface area contributed by atoms with Gasteiger partial charge in [0.05, 0.1) is 17.4 Å². The molecule has 1 aromatic carbocycles. The molecule has 3 rings (SSSR count). The number of nitrogens with zero attached hydrogens (tertiary/aromatic N) is 3. The van der Waals surface area contributed by atoms with Crippen molar-refractivity contribution in [3.63, 3.8) is 0 Å². The zero-order chi connectivity index (χ0) is 18.0. The van der Waals surface area contributed by atoms with Gasteiger partial charge in [-0.15, -0.1) is 0 Å². The third-order valence-corrected chi connectivity index (χ3v) is 5.01. The molecule has 1 fully saturated rings. The number of alkyl halides is 3. The standard InChI is InChI=1S/C18H15BrF3N3/c19-14-3-1-12(2-4-14)13-5-7-25(8-6-13)15-9-16(18(20,21)22)17(10-23)24-11-15/h1-4,9,11,13H,5-8H2. The second kappa shape index (κ2) is 7.04. The molecule has 1 aromatic heterocycles. The first kappa shape index (κ1) is 17.7. The highest BCUT2D eigenvalue weighted by Crippen LogP contribution is 2.35. The highest BCUT2D eigenvalue weighted by atomic mass is 79.9. The van der Waals surface area contributed by atoms with Gasteiger partial charge >= 0.3 is 6.18 Å². The molecule has 25 heavy (non-hydrogen) atoms. The third-order valence-electron chi connectivity index (χ3n) is 4.49. The normalized spacial score (nSPS) is 15.9. The maximum Gasteiger partial charge on any atom is 0.419 e. The summed E-state index contributed by atoms with van der Waals surface area (Å²) < 4.78 is 40.3. The van der Waals surface area contributed by atoms with E-state index in [0.29, 0.717) is 24.7 Å². The van der Waals surface area contributed by atoms with Crippen LogP contribution >= 0.6 is 15.9 Å². The van der Waals surface area contributed by atoms with Crippen LogP contribution in [0.2, 0.25) is 0 Å². The van der Waals surface area contributed by atoms with Crippen LogP contribution in [0.25, 0.3) is 0 Å². The molecule has 0 N–H and O–H groups in total. The van der Waals surface area contributed by atoms with E-state index in [2.05, 4.69) is 33.0 Å². The number of aromatic nitrogens is 1. The minimum Gasteiger partial charge on any atom is -0.370 e. The minimum atomic E-state index is -4.58. The van der Waals surface area contributed by atoms with E-state index in [1.165, 1.54) is 17.8 Å². The van der Waals surface area contributed by atoms with Crippen LogP contribution in [0.15, 0.2) is 41.0 Å². The van der Waals surface area contributed by atoms with Gasteiger partial charge in [0.25, 0.3) is 0 Å². The Hall–Kier alpha value is -2.07. The van der Waals surface area contributed by atoms with E-state index in [9.17, 15) is 13.2 Å². The zero-order valence-corrected chi connectivity index (χ0v) is 14.8. The zero-order valence-electron chi connectivity index (χ0n) is 13.2. The van der Waals surface area contributed by atoms with Gasteiger partial charge < -0.3 is 4.90 Å². The molecule has 0 bridgehead atoms. The van der Waals surface area contributed by atoms with Crippen molar-refractivity contribution < 1.29 is 13.2 Å². The first-order chi connectivity index (χ1) is 11.9. The van der Waals surface area contributed by atoms with Gasteiger partial charge in [-0.05, 0) is 42.5 Å². The number of hydrogen-bond acceptors (Lipinski definition) is 3. The molecule has 2 aromatic rings. The molecule has 3 nitrogen and oxygen atoms in total. The van der Waals surface area contributed by atoms with Gasteiger partial charge in [-0.2, -0.15) is 18.4 Å². The predicted molar refractivity (Wildman–Crippen MR) is 92.3 cm³/mol. The van der Waals surface area contributed by atoms with Crippen molar-refractivity contribution in [3.8, 4) is 6.07 Å². The van der Waals surface area contributed by atoms with Crippen molar-refractivity contribution in [3.05, 3.63) is 57.8 Å². The monoisotopic (exact) mass is 409 g/mol. The molecule has 0 unspecified atom stereocenters. The Bertz CT molecular complexity index is 789. The summed E-state index contributed by atoms with van der Waals surface area (Å²) >= 11 is 3.41. The van der Waals surface area contributed by atoms with Crippen LogP contribution in [0.4, 0.5) is 18.9 Å². The smallest absolute Gasteiger partial charge is 0.370 e. The SMILES string of the molecule is N#Cc1ncc(N2CCC(c3ccc(Br)cc3)CC2)cc1C(F)(F)F. The summed E-state index contributed by atoms with van der Waals surface area (Å²) in [4.78, 5) is 5.60. The average Bonchev–Trinajstić information content (AvgIpc) is 2.61. The Balaban J connectivity index is 1.75. The summed E-state index contributed by atoms with van der Waals surface area (Å²) in [5.41, 5.74) is 0.112. The fourth-order valence-electron chi connectivity index (χ4n) is 3.14. The van der Waals surface area contributed by atoms with E-state index in [4.69, 9.17) is 5.26 Å². The minimum absolute atomic E-state index is 0.401. The Morgan fingerprint density at radius 2 is 1.80 bits per heavy atom. The quantitative estimate of drug-likeness (QED) is 0.690. The molecule has 0 saturated carbocycles. The number of piperidine rings is 1. The van der Waals surface area contributed by atoms with E-state index >= 15 is 0 Å². The molecule has 0 radical (unpaired) electrons. The van der Waals surface area contributed by atoms with Crippen LogP contribution in [0.1, 0.15) is 35.6 Å². The Morgan fingerprint density at radius 3 is 2.36 bits per heavy atom. The van der Waals surface area contributed by atoms with Crippen LogP contribution < -0.4 is 4.90 Å². The predicted octanol–water partition coefficient (Wildman–Crippen LogP) is 5.12. The molecule has 1 aliphatic heterocycles. The highest BCUT2D eigenvalue weighted by Gasteiger charge is 2.35. The van der Waals surface area contributed by atoms with Crippen molar-refractivity contribution in [1.29, 1.82) is 5.26 Å². The van der Waals surface area contributed by atoms with Crippen LogP contribution in [-0.2, 0) is 6.18 Å². The largest absolute Gasteiger partial charge is 0.419 e. The second-order valence-electron chi connectivity index (χ2n) is 6.01. The highest BCUT2D eigenvalue weighted by molar-refractivity contribution is 9.10. The molecule has 0 spiro atoms. The van der Waals surface area contributed by atoms with E-state index in [0.717, 1.165) is 23.4 Å². The lowest BCUT2D eigenvalue weighted by Crippen LogP contribution is -2.33. The summed E-state index contributed by atoms with van der Waals surface area (Å²) in [5, 5.41) is 8.83. The van der Waals surface area contributed by atoms with Crippen LogP contribution in [0.3, 0.4) is 0 Å². The number of rotatable bonds is 2. The molecule has 1 aliphatic rings. The van der Waals surface area contributed by atoms with Gasteiger partial charge in [-0.3, -0.25) is 0 Å². The third kappa shape index (κ3) is 3.96. The molecule has 0 atom stereocenters. The van der Waals surface area contributed by atoms with Crippen molar-refractivity contribution in [2.24, 2.45) is 0 Å². The van der Waals surface area contributed by atoms with Gasteiger partial charge in [0.2, 0.25) is 0 Å². The van der Waals surface area contributed by atoms with E-state index in [1.807, 2.05) is 17.0 Å². The molecular weight excluding hydrogens is 395 g/mol. The first-order valence-corrected chi connectivity index (χ1v) is 8.65. The number of anilines is 1. The molecule has 130 valence electrons. The molecule has 0 amide bonds. The van der Waals surface area contributed by atoms with Crippen molar-refractivity contribution in [2.75, 3.05) is 18.0 Å². The fourth-order valence-corrected chi connectivity index (χ4v) is 3.40. The summed E-state index contributed by atoms with van der Waals surface area (Å²) in [6, 6.07) is 10.7. The van der Waals surface area contributed by atoms with Gasteiger partial charge in [0, 0.05) is 17.6 Å².